The van der Waals surface area contributed by atoms with Crippen LogP contribution in [-0.4, -0.2) is 59.6 Å². The van der Waals surface area contributed by atoms with Crippen molar-refractivity contribution < 1.29 is 14.4 Å². The van der Waals surface area contributed by atoms with Crippen molar-refractivity contribution in [1.29, 1.82) is 0 Å². The number of carbonyl (C=O) groups is 3. The number of urea groups is 1. The number of piperazine rings is 1. The highest BCUT2D eigenvalue weighted by Gasteiger charge is 2.40. The van der Waals surface area contributed by atoms with E-state index in [0.717, 1.165) is 24.3 Å². The molecule has 8 nitrogen and oxygen atoms in total. The molecule has 4 aliphatic heterocycles. The van der Waals surface area contributed by atoms with Crippen LogP contribution in [0.3, 0.4) is 0 Å². The normalized spacial score (nSPS) is 28.0. The molecule has 4 heterocycles. The van der Waals surface area contributed by atoms with Crippen LogP contribution in [0.2, 0.25) is 0 Å². The summed E-state index contributed by atoms with van der Waals surface area (Å²) in [5.41, 5.74) is 2.71. The molecule has 25 heavy (non-hydrogen) atoms. The zero-order valence-corrected chi connectivity index (χ0v) is 13.7. The molecule has 2 N–H and O–H groups in total. The molecule has 2 atom stereocenters. The van der Waals surface area contributed by atoms with Crippen LogP contribution in [0, 0.1) is 0 Å². The minimum Gasteiger partial charge on any atom is -0.366 e. The van der Waals surface area contributed by atoms with Crippen LogP contribution >= 0.6 is 0 Å². The fourth-order valence-corrected chi connectivity index (χ4v) is 4.33. The van der Waals surface area contributed by atoms with Gasteiger partial charge in [-0.05, 0) is 30.2 Å². The summed E-state index contributed by atoms with van der Waals surface area (Å²) in [5.74, 6) is -0.485. The summed E-state index contributed by atoms with van der Waals surface area (Å²) in [7, 11) is 0. The summed E-state index contributed by atoms with van der Waals surface area (Å²) < 4.78 is 0. The maximum Gasteiger partial charge on any atom is 0.342 e. The van der Waals surface area contributed by atoms with Crippen LogP contribution in [0.5, 0.6) is 0 Å². The lowest BCUT2D eigenvalue weighted by atomic mass is 10.1. The van der Waals surface area contributed by atoms with Gasteiger partial charge in [0.25, 0.3) is 5.91 Å². The number of hydrogen-bond acceptors (Lipinski definition) is 5. The highest BCUT2D eigenvalue weighted by Crippen LogP contribution is 2.33. The molecule has 0 unspecified atom stereocenters. The Hall–Kier alpha value is -2.61. The molecule has 0 radical (unpaired) electrons. The number of hydrazine groups is 1. The van der Waals surface area contributed by atoms with Crippen molar-refractivity contribution in [2.24, 2.45) is 0 Å². The average molecular weight is 341 g/mol. The lowest BCUT2D eigenvalue weighted by molar-refractivity contribution is -0.123. The van der Waals surface area contributed by atoms with Crippen LogP contribution < -0.4 is 15.5 Å². The molecule has 0 aliphatic carbocycles. The van der Waals surface area contributed by atoms with Crippen molar-refractivity contribution in [2.45, 2.75) is 31.5 Å². The van der Waals surface area contributed by atoms with Crippen molar-refractivity contribution in [3.05, 3.63) is 29.3 Å². The first-order chi connectivity index (χ1) is 12.1. The third-order valence-electron chi connectivity index (χ3n) is 5.58. The van der Waals surface area contributed by atoms with Crippen molar-refractivity contribution in [2.75, 3.05) is 24.5 Å². The molecule has 3 fully saturated rings. The van der Waals surface area contributed by atoms with Gasteiger partial charge in [0.15, 0.2) is 0 Å². The summed E-state index contributed by atoms with van der Waals surface area (Å²) in [6.45, 7) is 2.61. The second-order valence-electron chi connectivity index (χ2n) is 7.08. The quantitative estimate of drug-likeness (QED) is 0.794. The number of imide groups is 1. The van der Waals surface area contributed by atoms with Gasteiger partial charge in [0.05, 0.1) is 13.1 Å². The number of rotatable bonds is 2. The number of nitrogens with one attached hydrogen (secondary N) is 2. The highest BCUT2D eigenvalue weighted by atomic mass is 16.2. The van der Waals surface area contributed by atoms with Gasteiger partial charge in [0.2, 0.25) is 5.91 Å². The van der Waals surface area contributed by atoms with Gasteiger partial charge in [-0.1, -0.05) is 0 Å². The molecule has 5 rings (SSSR count). The standard InChI is InChI=1S/C17H19N5O3/c23-15-3-4-21(17(25)19-15)22-8-10-5-12(1-2-14(10)16(22)24)20-9-11-6-13(20)7-18-11/h1-2,5,11,13,18H,3-4,6-9H2,(H,19,23,25)/t11-,13-/m1/s1. The monoisotopic (exact) mass is 341 g/mol. The molecule has 130 valence electrons. The summed E-state index contributed by atoms with van der Waals surface area (Å²) in [6, 6.07) is 6.49. The molecule has 2 bridgehead atoms. The van der Waals surface area contributed by atoms with E-state index in [1.165, 1.54) is 16.4 Å². The van der Waals surface area contributed by atoms with E-state index in [4.69, 9.17) is 0 Å². The van der Waals surface area contributed by atoms with Gasteiger partial charge in [0.1, 0.15) is 0 Å². The van der Waals surface area contributed by atoms with E-state index in [1.54, 1.807) is 0 Å². The first-order valence-electron chi connectivity index (χ1n) is 8.66. The molecule has 0 spiro atoms. The van der Waals surface area contributed by atoms with Crippen LogP contribution in [0.1, 0.15) is 28.8 Å². The fourth-order valence-electron chi connectivity index (χ4n) is 4.33. The van der Waals surface area contributed by atoms with Gasteiger partial charge in [-0.3, -0.25) is 14.9 Å². The molecule has 0 aromatic heterocycles. The third kappa shape index (κ3) is 2.21. The van der Waals surface area contributed by atoms with Gasteiger partial charge in [-0.15, -0.1) is 0 Å². The number of hydrogen-bond donors (Lipinski definition) is 2. The maximum absolute atomic E-state index is 12.7. The highest BCUT2D eigenvalue weighted by molar-refractivity contribution is 6.02. The van der Waals surface area contributed by atoms with Crippen molar-refractivity contribution in [3.63, 3.8) is 0 Å². The largest absolute Gasteiger partial charge is 0.366 e. The van der Waals surface area contributed by atoms with Crippen LogP contribution in [0.15, 0.2) is 18.2 Å². The minimum atomic E-state index is -0.527. The minimum absolute atomic E-state index is 0.185. The van der Waals surface area contributed by atoms with Crippen LogP contribution in [-0.2, 0) is 11.3 Å². The molecular weight excluding hydrogens is 322 g/mol. The maximum atomic E-state index is 12.7. The smallest absolute Gasteiger partial charge is 0.342 e. The van der Waals surface area contributed by atoms with E-state index in [0.29, 0.717) is 24.2 Å². The third-order valence-corrected chi connectivity index (χ3v) is 5.58. The lowest BCUT2D eigenvalue weighted by Gasteiger charge is -2.33. The number of anilines is 1. The van der Waals surface area contributed by atoms with Gasteiger partial charge < -0.3 is 10.2 Å². The number of benzene rings is 1. The van der Waals surface area contributed by atoms with Crippen LogP contribution in [0.25, 0.3) is 0 Å². The number of amides is 4. The van der Waals surface area contributed by atoms with Gasteiger partial charge in [0, 0.05) is 42.8 Å². The molecule has 3 saturated heterocycles. The predicted octanol–water partition coefficient (Wildman–Crippen LogP) is 0.0498. The summed E-state index contributed by atoms with van der Waals surface area (Å²) >= 11 is 0. The molecule has 1 aromatic rings. The predicted molar refractivity (Wildman–Crippen MR) is 88.7 cm³/mol. The lowest BCUT2D eigenvalue weighted by Crippen LogP contribution is -2.56. The molecule has 4 amide bonds. The Labute approximate surface area is 144 Å². The SMILES string of the molecule is O=C1CCN(N2Cc3cc(N4C[C@H]5C[C@@H]4CN5)ccc3C2=O)C(=O)N1. The molecule has 8 heteroatoms. The zero-order chi connectivity index (χ0) is 17.1. The second-order valence-corrected chi connectivity index (χ2v) is 7.08. The summed E-state index contributed by atoms with van der Waals surface area (Å²) in [4.78, 5) is 38.4. The van der Waals surface area contributed by atoms with Gasteiger partial charge in [-0.25, -0.2) is 14.8 Å². The van der Waals surface area contributed by atoms with E-state index in [2.05, 4.69) is 21.6 Å². The fraction of sp³-hybridized carbons (Fsp3) is 0.471. The zero-order valence-electron chi connectivity index (χ0n) is 13.7. The number of fused-ring (bicyclic) bond motifs is 3. The molecular formula is C17H19N5O3. The van der Waals surface area contributed by atoms with E-state index in [9.17, 15) is 14.4 Å². The Bertz CT molecular complexity index is 794. The van der Waals surface area contributed by atoms with E-state index >= 15 is 0 Å². The average Bonchev–Trinajstić information content (AvgIpc) is 3.30. The Balaban J connectivity index is 1.39. The number of nitrogens with zero attached hydrogens (tertiary/aromatic N) is 3. The molecule has 0 saturated carbocycles. The summed E-state index contributed by atoms with van der Waals surface area (Å²) in [5, 5.41) is 8.53. The molecule has 4 aliphatic rings. The Morgan fingerprint density at radius 1 is 1.12 bits per heavy atom. The van der Waals surface area contributed by atoms with Gasteiger partial charge >= 0.3 is 6.03 Å². The van der Waals surface area contributed by atoms with E-state index in [-0.39, 0.29) is 24.8 Å². The van der Waals surface area contributed by atoms with E-state index in [1.807, 2.05) is 12.1 Å². The van der Waals surface area contributed by atoms with E-state index < -0.39 is 6.03 Å². The first-order valence-corrected chi connectivity index (χ1v) is 8.66. The number of carbonyl (C=O) groups excluding carboxylic acids is 3. The van der Waals surface area contributed by atoms with Gasteiger partial charge in [-0.2, -0.15) is 0 Å². The van der Waals surface area contributed by atoms with Crippen molar-refractivity contribution in [1.82, 2.24) is 20.7 Å². The van der Waals surface area contributed by atoms with Crippen LogP contribution in [0.4, 0.5) is 10.5 Å². The second kappa shape index (κ2) is 5.19. The first kappa shape index (κ1) is 14.7. The Morgan fingerprint density at radius 3 is 2.72 bits per heavy atom. The van der Waals surface area contributed by atoms with Crippen molar-refractivity contribution >= 4 is 23.5 Å². The van der Waals surface area contributed by atoms with Crippen molar-refractivity contribution in [3.8, 4) is 0 Å². The Kier molecular flexibility index (Phi) is 3.05. The summed E-state index contributed by atoms with van der Waals surface area (Å²) in [6.07, 6.45) is 1.38. The molecule has 1 aromatic carbocycles. The topological polar surface area (TPSA) is 85.0 Å². The Morgan fingerprint density at radius 2 is 2.00 bits per heavy atom.